The van der Waals surface area contributed by atoms with Crippen molar-refractivity contribution in [2.45, 2.75) is 31.5 Å². The fourth-order valence-corrected chi connectivity index (χ4v) is 2.39. The summed E-state index contributed by atoms with van der Waals surface area (Å²) in [6.07, 6.45) is -4.92. The fraction of sp³-hybridized carbons (Fsp3) is 0.500. The third kappa shape index (κ3) is 5.57. The lowest BCUT2D eigenvalue weighted by atomic mass is 10.1. The monoisotopic (exact) mass is 337 g/mol. The van der Waals surface area contributed by atoms with Gasteiger partial charge in [0.2, 0.25) is 5.92 Å². The Labute approximate surface area is 129 Å². The zero-order chi connectivity index (χ0) is 17.1. The molecule has 1 aromatic carbocycles. The van der Waals surface area contributed by atoms with E-state index in [1.54, 1.807) is 0 Å². The van der Waals surface area contributed by atoms with Crippen LogP contribution in [0.4, 0.5) is 27.6 Å². The summed E-state index contributed by atoms with van der Waals surface area (Å²) < 4.78 is 66.9. The summed E-state index contributed by atoms with van der Waals surface area (Å²) in [7, 11) is 0. The van der Waals surface area contributed by atoms with Crippen LogP contribution in [0.2, 0.25) is 0 Å². The Morgan fingerprint density at radius 2 is 2.04 bits per heavy atom. The maximum atomic E-state index is 13.1. The van der Waals surface area contributed by atoms with E-state index in [-0.39, 0.29) is 37.0 Å². The van der Waals surface area contributed by atoms with Gasteiger partial charge in [0.25, 0.3) is 0 Å². The van der Waals surface area contributed by atoms with Crippen molar-refractivity contribution in [2.75, 3.05) is 11.9 Å². The van der Waals surface area contributed by atoms with E-state index in [1.165, 1.54) is 18.2 Å². The van der Waals surface area contributed by atoms with Crippen molar-refractivity contribution < 1.29 is 26.7 Å². The Balaban J connectivity index is 1.97. The molecule has 3 N–H and O–H groups in total. The topological polar surface area (TPSA) is 59.6 Å². The van der Waals surface area contributed by atoms with Gasteiger partial charge >= 0.3 is 6.36 Å². The molecule has 0 amide bonds. The minimum Gasteiger partial charge on any atom is -0.404 e. The van der Waals surface area contributed by atoms with Gasteiger partial charge in [-0.1, -0.05) is 12.1 Å². The highest BCUT2D eigenvalue weighted by atomic mass is 19.4. The molecule has 1 saturated carbocycles. The van der Waals surface area contributed by atoms with Crippen LogP contribution in [0.5, 0.6) is 5.75 Å². The van der Waals surface area contributed by atoms with Crippen molar-refractivity contribution >= 4 is 11.6 Å². The van der Waals surface area contributed by atoms with Gasteiger partial charge in [-0.15, -0.1) is 13.2 Å². The quantitative estimate of drug-likeness (QED) is 0.500. The van der Waals surface area contributed by atoms with Crippen LogP contribution >= 0.6 is 0 Å². The number of halogens is 5. The molecule has 1 unspecified atom stereocenters. The van der Waals surface area contributed by atoms with Gasteiger partial charge in [0.1, 0.15) is 0 Å². The van der Waals surface area contributed by atoms with E-state index in [2.05, 4.69) is 15.0 Å². The van der Waals surface area contributed by atoms with Crippen molar-refractivity contribution in [3.63, 3.8) is 0 Å². The van der Waals surface area contributed by atoms with Crippen LogP contribution < -0.4 is 15.8 Å². The van der Waals surface area contributed by atoms with E-state index >= 15 is 0 Å². The van der Waals surface area contributed by atoms with E-state index in [9.17, 15) is 22.0 Å². The molecule has 4 nitrogen and oxygen atoms in total. The lowest BCUT2D eigenvalue weighted by molar-refractivity contribution is -0.274. The minimum atomic E-state index is -4.83. The van der Waals surface area contributed by atoms with Gasteiger partial charge < -0.3 is 15.8 Å². The second kappa shape index (κ2) is 6.59. The van der Waals surface area contributed by atoms with Crippen LogP contribution in [-0.2, 0) is 0 Å². The number of anilines is 1. The first-order chi connectivity index (χ1) is 10.6. The molecule has 128 valence electrons. The molecule has 1 aliphatic rings. The van der Waals surface area contributed by atoms with Crippen LogP contribution in [0.3, 0.4) is 0 Å². The summed E-state index contributed by atoms with van der Waals surface area (Å²) in [5, 5.41) is 2.49. The van der Waals surface area contributed by atoms with Crippen molar-refractivity contribution in [3.05, 3.63) is 24.3 Å². The first kappa shape index (κ1) is 17.3. The van der Waals surface area contributed by atoms with Crippen LogP contribution in [0.1, 0.15) is 19.3 Å². The highest BCUT2D eigenvalue weighted by Gasteiger charge is 2.39. The molecule has 1 fully saturated rings. The summed E-state index contributed by atoms with van der Waals surface area (Å²) in [5.41, 5.74) is 5.59. The summed E-state index contributed by atoms with van der Waals surface area (Å²) in [6, 6.07) is 5.34. The highest BCUT2D eigenvalue weighted by molar-refractivity contribution is 5.93. The first-order valence-corrected chi connectivity index (χ1v) is 6.94. The van der Waals surface area contributed by atoms with E-state index in [0.717, 1.165) is 6.07 Å². The molecule has 1 aliphatic carbocycles. The average Bonchev–Trinajstić information content (AvgIpc) is 2.77. The normalized spacial score (nSPS) is 21.3. The van der Waals surface area contributed by atoms with Gasteiger partial charge in [-0.05, 0) is 24.5 Å². The van der Waals surface area contributed by atoms with Crippen LogP contribution in [0.15, 0.2) is 29.3 Å². The molecule has 0 aliphatic heterocycles. The molecule has 2 rings (SSSR count). The number of hydrogen-bond donors (Lipinski definition) is 2. The fourth-order valence-electron chi connectivity index (χ4n) is 2.39. The number of aliphatic imine (C=N–C) groups is 1. The largest absolute Gasteiger partial charge is 0.573 e. The smallest absolute Gasteiger partial charge is 0.404 e. The second-order valence-corrected chi connectivity index (χ2v) is 5.36. The Morgan fingerprint density at radius 1 is 1.35 bits per heavy atom. The number of alkyl halides is 5. The molecule has 23 heavy (non-hydrogen) atoms. The number of hydrogen-bond acceptors (Lipinski definition) is 2. The lowest BCUT2D eigenvalue weighted by Crippen LogP contribution is -2.25. The highest BCUT2D eigenvalue weighted by Crippen LogP contribution is 2.38. The molecule has 1 aromatic rings. The molecule has 0 saturated heterocycles. The minimum absolute atomic E-state index is 0.0113. The Morgan fingerprint density at radius 3 is 2.65 bits per heavy atom. The zero-order valence-electron chi connectivity index (χ0n) is 12.0. The molecule has 0 bridgehead atoms. The van der Waals surface area contributed by atoms with E-state index in [0.29, 0.717) is 6.42 Å². The lowest BCUT2D eigenvalue weighted by Gasteiger charge is -2.14. The number of guanidine groups is 1. The summed E-state index contributed by atoms with van der Waals surface area (Å²) in [5.74, 6) is -3.56. The predicted octanol–water partition coefficient (Wildman–Crippen LogP) is 3.75. The Hall–Kier alpha value is -2.06. The van der Waals surface area contributed by atoms with Crippen molar-refractivity contribution in [1.29, 1.82) is 0 Å². The number of nitrogens with zero attached hydrogens (tertiary/aromatic N) is 1. The number of nitrogens with two attached hydrogens (primary N) is 1. The van der Waals surface area contributed by atoms with Gasteiger partial charge in [-0.3, -0.25) is 4.99 Å². The average molecular weight is 337 g/mol. The third-order valence-corrected chi connectivity index (χ3v) is 3.40. The standard InChI is InChI=1S/C14H16F5N3O/c15-13(16)6-5-9(7-13)8-21-12(20)22-10-3-1-2-4-11(10)23-14(17,18)19/h1-4,9H,5-8H2,(H3,20,21,22). The molecule has 9 heteroatoms. The first-order valence-electron chi connectivity index (χ1n) is 6.94. The number of rotatable bonds is 4. The summed E-state index contributed by atoms with van der Waals surface area (Å²) in [6.45, 7) is 0.0940. The van der Waals surface area contributed by atoms with Gasteiger partial charge in [-0.25, -0.2) is 8.78 Å². The predicted molar refractivity (Wildman–Crippen MR) is 75.5 cm³/mol. The van der Waals surface area contributed by atoms with Gasteiger partial charge in [0.15, 0.2) is 11.7 Å². The van der Waals surface area contributed by atoms with Gasteiger partial charge in [0, 0.05) is 19.4 Å². The van der Waals surface area contributed by atoms with Crippen molar-refractivity contribution in [1.82, 2.24) is 0 Å². The molecule has 0 radical (unpaired) electrons. The molecule has 0 spiro atoms. The summed E-state index contributed by atoms with van der Waals surface area (Å²) >= 11 is 0. The third-order valence-electron chi connectivity index (χ3n) is 3.40. The number of benzene rings is 1. The van der Waals surface area contributed by atoms with E-state index in [4.69, 9.17) is 5.73 Å². The van der Waals surface area contributed by atoms with Gasteiger partial charge in [-0.2, -0.15) is 0 Å². The molecular formula is C14H16F5N3O. The van der Waals surface area contributed by atoms with Crippen molar-refractivity contribution in [2.24, 2.45) is 16.6 Å². The Bertz CT molecular complexity index is 574. The number of para-hydroxylation sites is 2. The van der Waals surface area contributed by atoms with Crippen LogP contribution in [0, 0.1) is 5.92 Å². The van der Waals surface area contributed by atoms with E-state index < -0.39 is 18.0 Å². The molecular weight excluding hydrogens is 321 g/mol. The second-order valence-electron chi connectivity index (χ2n) is 5.36. The van der Waals surface area contributed by atoms with Crippen LogP contribution in [0.25, 0.3) is 0 Å². The molecule has 1 atom stereocenters. The SMILES string of the molecule is NC(=NCC1CCC(F)(F)C1)Nc1ccccc1OC(F)(F)F. The zero-order valence-corrected chi connectivity index (χ0v) is 12.0. The van der Waals surface area contributed by atoms with Gasteiger partial charge in [0.05, 0.1) is 5.69 Å². The maximum Gasteiger partial charge on any atom is 0.573 e. The molecule has 0 aromatic heterocycles. The maximum absolute atomic E-state index is 13.1. The van der Waals surface area contributed by atoms with E-state index in [1.807, 2.05) is 0 Å². The summed E-state index contributed by atoms with van der Waals surface area (Å²) in [4.78, 5) is 3.92. The van der Waals surface area contributed by atoms with Crippen LogP contribution in [-0.4, -0.2) is 24.8 Å². The Kier molecular flexibility index (Phi) is 4.96. The number of nitrogens with one attached hydrogen (secondary N) is 1. The number of ether oxygens (including phenoxy) is 1. The van der Waals surface area contributed by atoms with Crippen molar-refractivity contribution in [3.8, 4) is 5.75 Å². The molecule has 0 heterocycles.